The molecule has 25 heavy (non-hydrogen) atoms. The first-order chi connectivity index (χ1) is 12.0. The van der Waals surface area contributed by atoms with Crippen molar-refractivity contribution in [1.29, 1.82) is 0 Å². The molecule has 1 unspecified atom stereocenters. The Labute approximate surface area is 140 Å². The number of aromatic nitrogens is 2. The van der Waals surface area contributed by atoms with Gasteiger partial charge in [0.05, 0.1) is 24.4 Å². The second-order valence-corrected chi connectivity index (χ2v) is 5.24. The standard InChI is InChI=1S/C17H13F2N3O3/c1-25-17(24)15(11-6-5-10(18)7-13(11)19)21-16(23)12-4-2-3-9-8-20-22-14(9)12/h2-8,15H,1H3,(H,20,22)(H,21,23). The average Bonchev–Trinajstić information content (AvgIpc) is 3.08. The van der Waals surface area contributed by atoms with Crippen LogP contribution in [0.3, 0.4) is 0 Å². The molecule has 0 aliphatic carbocycles. The molecule has 0 saturated heterocycles. The number of H-pyrrole nitrogens is 1. The topological polar surface area (TPSA) is 84.1 Å². The molecule has 1 heterocycles. The summed E-state index contributed by atoms with van der Waals surface area (Å²) in [5, 5.41) is 9.67. The van der Waals surface area contributed by atoms with Gasteiger partial charge in [0, 0.05) is 17.0 Å². The lowest BCUT2D eigenvalue weighted by Gasteiger charge is -2.17. The van der Waals surface area contributed by atoms with Crippen LogP contribution in [0.4, 0.5) is 8.78 Å². The van der Waals surface area contributed by atoms with E-state index in [0.29, 0.717) is 17.0 Å². The van der Waals surface area contributed by atoms with Crippen LogP contribution < -0.4 is 5.32 Å². The van der Waals surface area contributed by atoms with E-state index in [1.54, 1.807) is 18.3 Å². The quantitative estimate of drug-likeness (QED) is 0.712. The minimum absolute atomic E-state index is 0.196. The summed E-state index contributed by atoms with van der Waals surface area (Å²) in [4.78, 5) is 24.6. The lowest BCUT2D eigenvalue weighted by molar-refractivity contribution is -0.143. The van der Waals surface area contributed by atoms with E-state index in [9.17, 15) is 18.4 Å². The van der Waals surface area contributed by atoms with Crippen LogP contribution in [-0.4, -0.2) is 29.2 Å². The summed E-state index contributed by atoms with van der Waals surface area (Å²) in [6.07, 6.45) is 1.55. The molecule has 2 aromatic carbocycles. The van der Waals surface area contributed by atoms with Crippen LogP contribution in [0.2, 0.25) is 0 Å². The molecule has 0 bridgehead atoms. The zero-order valence-electron chi connectivity index (χ0n) is 13.0. The number of carbonyl (C=O) groups is 2. The molecule has 2 N–H and O–H groups in total. The number of fused-ring (bicyclic) bond motifs is 1. The van der Waals surface area contributed by atoms with Gasteiger partial charge < -0.3 is 10.1 Å². The summed E-state index contributed by atoms with van der Waals surface area (Å²) >= 11 is 0. The van der Waals surface area contributed by atoms with Gasteiger partial charge in [-0.1, -0.05) is 18.2 Å². The summed E-state index contributed by atoms with van der Waals surface area (Å²) < 4.78 is 31.8. The second kappa shape index (κ2) is 6.68. The monoisotopic (exact) mass is 345 g/mol. The van der Waals surface area contributed by atoms with Crippen molar-refractivity contribution in [2.24, 2.45) is 0 Å². The molecule has 8 heteroatoms. The summed E-state index contributed by atoms with van der Waals surface area (Å²) in [5.41, 5.74) is 0.507. The lowest BCUT2D eigenvalue weighted by Crippen LogP contribution is -2.35. The Morgan fingerprint density at radius 3 is 2.76 bits per heavy atom. The smallest absolute Gasteiger partial charge is 0.333 e. The van der Waals surface area contributed by atoms with Crippen LogP contribution >= 0.6 is 0 Å². The van der Waals surface area contributed by atoms with E-state index in [1.807, 2.05) is 0 Å². The predicted octanol–water partition coefficient (Wildman–Crippen LogP) is 2.49. The van der Waals surface area contributed by atoms with Gasteiger partial charge in [-0.25, -0.2) is 13.6 Å². The number of nitrogens with zero attached hydrogens (tertiary/aromatic N) is 1. The normalized spacial score (nSPS) is 12.0. The van der Waals surface area contributed by atoms with Crippen molar-refractivity contribution in [3.05, 3.63) is 65.4 Å². The number of carbonyl (C=O) groups excluding carboxylic acids is 2. The number of nitrogens with one attached hydrogen (secondary N) is 2. The van der Waals surface area contributed by atoms with Gasteiger partial charge in [0.1, 0.15) is 11.6 Å². The third kappa shape index (κ3) is 3.18. The molecule has 0 aliphatic rings. The molecule has 0 saturated carbocycles. The fourth-order valence-corrected chi connectivity index (χ4v) is 2.48. The molecule has 0 fully saturated rings. The molecule has 6 nitrogen and oxygen atoms in total. The molecule has 128 valence electrons. The zero-order chi connectivity index (χ0) is 18.0. The van der Waals surface area contributed by atoms with Crippen molar-refractivity contribution < 1.29 is 23.1 Å². The van der Waals surface area contributed by atoms with E-state index in [1.165, 1.54) is 6.07 Å². The number of hydrogen-bond acceptors (Lipinski definition) is 4. The number of amides is 1. The van der Waals surface area contributed by atoms with Crippen molar-refractivity contribution in [1.82, 2.24) is 15.5 Å². The van der Waals surface area contributed by atoms with Gasteiger partial charge in [-0.15, -0.1) is 0 Å². The molecule has 1 amide bonds. The average molecular weight is 345 g/mol. The zero-order valence-corrected chi connectivity index (χ0v) is 13.0. The van der Waals surface area contributed by atoms with Crippen LogP contribution in [0.1, 0.15) is 22.0 Å². The summed E-state index contributed by atoms with van der Waals surface area (Å²) in [6.45, 7) is 0. The molecule has 0 spiro atoms. The number of para-hydroxylation sites is 1. The number of ether oxygens (including phenoxy) is 1. The second-order valence-electron chi connectivity index (χ2n) is 5.24. The number of hydrogen-bond donors (Lipinski definition) is 2. The predicted molar refractivity (Wildman–Crippen MR) is 84.7 cm³/mol. The Bertz CT molecular complexity index is 955. The summed E-state index contributed by atoms with van der Waals surface area (Å²) in [5.74, 6) is -3.27. The number of halogens is 2. The Balaban J connectivity index is 1.97. The highest BCUT2D eigenvalue weighted by molar-refractivity contribution is 6.06. The van der Waals surface area contributed by atoms with Gasteiger partial charge in [0.2, 0.25) is 0 Å². The number of aromatic amines is 1. The van der Waals surface area contributed by atoms with Crippen LogP contribution in [0, 0.1) is 11.6 Å². The van der Waals surface area contributed by atoms with E-state index in [-0.39, 0.29) is 11.1 Å². The van der Waals surface area contributed by atoms with Crippen LogP contribution in [-0.2, 0) is 9.53 Å². The molecule has 0 aliphatic heterocycles. The Hall–Kier alpha value is -3.29. The highest BCUT2D eigenvalue weighted by atomic mass is 19.1. The fourth-order valence-electron chi connectivity index (χ4n) is 2.48. The lowest BCUT2D eigenvalue weighted by atomic mass is 10.0. The van der Waals surface area contributed by atoms with Gasteiger partial charge in [0.15, 0.2) is 6.04 Å². The van der Waals surface area contributed by atoms with Crippen LogP contribution in [0.25, 0.3) is 10.9 Å². The molecule has 1 atom stereocenters. The van der Waals surface area contributed by atoms with E-state index in [2.05, 4.69) is 20.3 Å². The minimum atomic E-state index is -1.42. The van der Waals surface area contributed by atoms with Crippen molar-refractivity contribution in [3.8, 4) is 0 Å². The van der Waals surface area contributed by atoms with Gasteiger partial charge in [-0.05, 0) is 12.1 Å². The highest BCUT2D eigenvalue weighted by Gasteiger charge is 2.27. The number of rotatable bonds is 4. The molecule has 3 rings (SSSR count). The van der Waals surface area contributed by atoms with E-state index < -0.39 is 29.6 Å². The van der Waals surface area contributed by atoms with Gasteiger partial charge >= 0.3 is 5.97 Å². The molecular weight excluding hydrogens is 332 g/mol. The van der Waals surface area contributed by atoms with Crippen molar-refractivity contribution in [2.75, 3.05) is 7.11 Å². The van der Waals surface area contributed by atoms with Crippen LogP contribution in [0.5, 0.6) is 0 Å². The molecule has 0 radical (unpaired) electrons. The Morgan fingerprint density at radius 1 is 1.24 bits per heavy atom. The first-order valence-electron chi connectivity index (χ1n) is 7.27. The highest BCUT2D eigenvalue weighted by Crippen LogP contribution is 2.22. The van der Waals surface area contributed by atoms with E-state index in [4.69, 9.17) is 0 Å². The summed E-state index contributed by atoms with van der Waals surface area (Å²) in [7, 11) is 1.11. The molecule has 1 aromatic heterocycles. The SMILES string of the molecule is COC(=O)C(NC(=O)c1cccc2cn[nH]c12)c1ccc(F)cc1F. The first kappa shape index (κ1) is 16.6. The minimum Gasteiger partial charge on any atom is -0.467 e. The van der Waals surface area contributed by atoms with Gasteiger partial charge in [-0.2, -0.15) is 5.10 Å². The summed E-state index contributed by atoms with van der Waals surface area (Å²) in [6, 6.07) is 6.24. The van der Waals surface area contributed by atoms with Crippen molar-refractivity contribution >= 4 is 22.8 Å². The maximum atomic E-state index is 14.0. The molecule has 3 aromatic rings. The van der Waals surface area contributed by atoms with Crippen molar-refractivity contribution in [2.45, 2.75) is 6.04 Å². The maximum absolute atomic E-state index is 14.0. The molecular formula is C17H13F2N3O3. The first-order valence-corrected chi connectivity index (χ1v) is 7.27. The number of methoxy groups -OCH3 is 1. The number of esters is 1. The third-order valence-corrected chi connectivity index (χ3v) is 3.71. The fraction of sp³-hybridized carbons (Fsp3) is 0.118. The van der Waals surface area contributed by atoms with Gasteiger partial charge in [-0.3, -0.25) is 9.89 Å². The van der Waals surface area contributed by atoms with Gasteiger partial charge in [0.25, 0.3) is 5.91 Å². The van der Waals surface area contributed by atoms with E-state index in [0.717, 1.165) is 19.2 Å². The third-order valence-electron chi connectivity index (χ3n) is 3.71. The Morgan fingerprint density at radius 2 is 2.04 bits per heavy atom. The largest absolute Gasteiger partial charge is 0.467 e. The Kier molecular flexibility index (Phi) is 4.42. The van der Waals surface area contributed by atoms with Crippen LogP contribution in [0.15, 0.2) is 42.6 Å². The maximum Gasteiger partial charge on any atom is 0.333 e. The van der Waals surface area contributed by atoms with E-state index >= 15 is 0 Å². The number of benzene rings is 2. The van der Waals surface area contributed by atoms with Crippen molar-refractivity contribution in [3.63, 3.8) is 0 Å².